The van der Waals surface area contributed by atoms with Crippen molar-refractivity contribution in [1.82, 2.24) is 0 Å². The zero-order valence-electron chi connectivity index (χ0n) is 11.7. The van der Waals surface area contributed by atoms with Gasteiger partial charge in [-0.25, -0.2) is 14.2 Å². The minimum absolute atomic E-state index is 0.136. The highest BCUT2D eigenvalue weighted by molar-refractivity contribution is 6.12. The van der Waals surface area contributed by atoms with Gasteiger partial charge in [0.2, 0.25) is 5.90 Å². The zero-order valence-corrected chi connectivity index (χ0v) is 11.7. The number of carbonyl (C=O) groups excluding carboxylic acids is 1. The van der Waals surface area contributed by atoms with Crippen LogP contribution in [0, 0.1) is 5.82 Å². The standard InChI is InChI=1S/C17H12FNO3/c1-21-14-7-5-12(6-8-14)16-19-15(17(20)22-16)10-11-3-2-4-13(18)9-11/h2-10H,1H3. The van der Waals surface area contributed by atoms with E-state index >= 15 is 0 Å². The fraction of sp³-hybridized carbons (Fsp3) is 0.0588. The predicted molar refractivity (Wildman–Crippen MR) is 80.0 cm³/mol. The Morgan fingerprint density at radius 1 is 1.18 bits per heavy atom. The molecule has 0 unspecified atom stereocenters. The quantitative estimate of drug-likeness (QED) is 0.646. The number of ether oxygens (including phenoxy) is 2. The summed E-state index contributed by atoms with van der Waals surface area (Å²) in [5, 5.41) is 0. The number of carbonyl (C=O) groups is 1. The number of rotatable bonds is 3. The fourth-order valence-corrected chi connectivity index (χ4v) is 2.02. The van der Waals surface area contributed by atoms with Gasteiger partial charge >= 0.3 is 5.97 Å². The summed E-state index contributed by atoms with van der Waals surface area (Å²) in [5.74, 6) is -0.0188. The van der Waals surface area contributed by atoms with Gasteiger partial charge in [0.15, 0.2) is 5.70 Å². The van der Waals surface area contributed by atoms with Crippen molar-refractivity contribution in [2.75, 3.05) is 7.11 Å². The Bertz CT molecular complexity index is 779. The number of nitrogens with zero attached hydrogens (tertiary/aromatic N) is 1. The molecule has 0 spiro atoms. The fourth-order valence-electron chi connectivity index (χ4n) is 2.02. The van der Waals surface area contributed by atoms with Crippen LogP contribution in [0.4, 0.5) is 4.39 Å². The molecule has 0 saturated carbocycles. The Hall–Kier alpha value is -2.95. The Kier molecular flexibility index (Phi) is 3.70. The Morgan fingerprint density at radius 3 is 2.64 bits per heavy atom. The van der Waals surface area contributed by atoms with Crippen molar-refractivity contribution in [3.05, 3.63) is 71.2 Å². The summed E-state index contributed by atoms with van der Waals surface area (Å²) in [7, 11) is 1.57. The number of cyclic esters (lactones) is 1. The lowest BCUT2D eigenvalue weighted by Gasteiger charge is -2.01. The minimum Gasteiger partial charge on any atom is -0.497 e. The van der Waals surface area contributed by atoms with Gasteiger partial charge < -0.3 is 9.47 Å². The number of esters is 1. The third-order valence-corrected chi connectivity index (χ3v) is 3.11. The van der Waals surface area contributed by atoms with Gasteiger partial charge in [-0.05, 0) is 48.0 Å². The molecule has 0 bridgehead atoms. The van der Waals surface area contributed by atoms with Gasteiger partial charge in [-0.2, -0.15) is 0 Å². The van der Waals surface area contributed by atoms with Crippen molar-refractivity contribution in [3.8, 4) is 5.75 Å². The van der Waals surface area contributed by atoms with Crippen LogP contribution in [0.5, 0.6) is 5.75 Å². The third-order valence-electron chi connectivity index (χ3n) is 3.11. The highest BCUT2D eigenvalue weighted by atomic mass is 19.1. The van der Waals surface area contributed by atoms with Gasteiger partial charge in [0, 0.05) is 5.56 Å². The first kappa shape index (κ1) is 14.0. The Morgan fingerprint density at radius 2 is 1.95 bits per heavy atom. The highest BCUT2D eigenvalue weighted by Crippen LogP contribution is 2.21. The van der Waals surface area contributed by atoms with Crippen molar-refractivity contribution in [3.63, 3.8) is 0 Å². The summed E-state index contributed by atoms with van der Waals surface area (Å²) in [4.78, 5) is 16.0. The summed E-state index contributed by atoms with van der Waals surface area (Å²) < 4.78 is 23.4. The molecule has 0 saturated heterocycles. The molecule has 3 rings (SSSR count). The average Bonchev–Trinajstić information content (AvgIpc) is 2.88. The number of methoxy groups -OCH3 is 1. The molecule has 110 valence electrons. The minimum atomic E-state index is -0.560. The van der Waals surface area contributed by atoms with Crippen LogP contribution in [-0.4, -0.2) is 19.0 Å². The van der Waals surface area contributed by atoms with Gasteiger partial charge in [-0.3, -0.25) is 0 Å². The highest BCUT2D eigenvalue weighted by Gasteiger charge is 2.24. The third kappa shape index (κ3) is 2.88. The lowest BCUT2D eigenvalue weighted by molar-refractivity contribution is -0.129. The molecule has 2 aromatic rings. The maximum absolute atomic E-state index is 13.2. The SMILES string of the molecule is COc1ccc(C2=NC(=Cc3cccc(F)c3)C(=O)O2)cc1. The number of halogens is 1. The van der Waals surface area contributed by atoms with E-state index in [1.165, 1.54) is 18.2 Å². The molecule has 0 N–H and O–H groups in total. The van der Waals surface area contributed by atoms with E-state index < -0.39 is 5.97 Å². The summed E-state index contributed by atoms with van der Waals surface area (Å²) in [6, 6.07) is 12.9. The molecular weight excluding hydrogens is 285 g/mol. The Balaban J connectivity index is 1.90. The largest absolute Gasteiger partial charge is 0.497 e. The first-order chi connectivity index (χ1) is 10.7. The van der Waals surface area contributed by atoms with Crippen LogP contribution < -0.4 is 4.74 Å². The number of hydrogen-bond acceptors (Lipinski definition) is 4. The van der Waals surface area contributed by atoms with Gasteiger partial charge in [-0.1, -0.05) is 12.1 Å². The van der Waals surface area contributed by atoms with Crippen molar-refractivity contribution < 1.29 is 18.7 Å². The molecular formula is C17H12FNO3. The zero-order chi connectivity index (χ0) is 15.5. The van der Waals surface area contributed by atoms with Gasteiger partial charge in [0.25, 0.3) is 0 Å². The van der Waals surface area contributed by atoms with Crippen molar-refractivity contribution in [2.24, 2.45) is 4.99 Å². The van der Waals surface area contributed by atoms with Gasteiger partial charge in [-0.15, -0.1) is 0 Å². The molecule has 0 radical (unpaired) electrons. The molecule has 4 nitrogen and oxygen atoms in total. The van der Waals surface area contributed by atoms with Crippen LogP contribution in [0.1, 0.15) is 11.1 Å². The Labute approximate surface area is 126 Å². The van der Waals surface area contributed by atoms with Crippen molar-refractivity contribution in [1.29, 1.82) is 0 Å². The average molecular weight is 297 g/mol. The predicted octanol–water partition coefficient (Wildman–Crippen LogP) is 3.18. The summed E-state index contributed by atoms with van der Waals surface area (Å²) in [6.45, 7) is 0. The second-order valence-electron chi connectivity index (χ2n) is 4.62. The molecule has 22 heavy (non-hydrogen) atoms. The first-order valence-electron chi connectivity index (χ1n) is 6.58. The van der Waals surface area contributed by atoms with Crippen LogP contribution in [0.25, 0.3) is 6.08 Å². The van der Waals surface area contributed by atoms with E-state index in [-0.39, 0.29) is 17.4 Å². The molecule has 1 aliphatic heterocycles. The van der Waals surface area contributed by atoms with Crippen LogP contribution in [0.2, 0.25) is 0 Å². The summed E-state index contributed by atoms with van der Waals surface area (Å²) >= 11 is 0. The number of benzene rings is 2. The van der Waals surface area contributed by atoms with E-state index in [1.807, 2.05) is 0 Å². The summed E-state index contributed by atoms with van der Waals surface area (Å²) in [5.41, 5.74) is 1.35. The monoisotopic (exact) mass is 297 g/mol. The van der Waals surface area contributed by atoms with Crippen LogP contribution in [-0.2, 0) is 9.53 Å². The molecule has 0 atom stereocenters. The van der Waals surface area contributed by atoms with Crippen LogP contribution >= 0.6 is 0 Å². The van der Waals surface area contributed by atoms with Crippen molar-refractivity contribution >= 4 is 17.9 Å². The molecule has 0 aromatic heterocycles. The molecule has 0 fully saturated rings. The van der Waals surface area contributed by atoms with Crippen LogP contribution in [0.3, 0.4) is 0 Å². The second kappa shape index (κ2) is 5.81. The topological polar surface area (TPSA) is 47.9 Å². The van der Waals surface area contributed by atoms with E-state index in [9.17, 15) is 9.18 Å². The second-order valence-corrected chi connectivity index (χ2v) is 4.62. The van der Waals surface area contributed by atoms with Gasteiger partial charge in [0.1, 0.15) is 11.6 Å². The molecule has 5 heteroatoms. The van der Waals surface area contributed by atoms with Gasteiger partial charge in [0.05, 0.1) is 7.11 Å². The number of aliphatic imine (C=N–C) groups is 1. The van der Waals surface area contributed by atoms with E-state index in [0.717, 1.165) is 0 Å². The lowest BCUT2D eigenvalue weighted by atomic mass is 10.2. The normalized spacial score (nSPS) is 15.6. The smallest absolute Gasteiger partial charge is 0.363 e. The molecule has 1 heterocycles. The molecule has 0 aliphatic carbocycles. The summed E-state index contributed by atoms with van der Waals surface area (Å²) in [6.07, 6.45) is 1.49. The molecule has 0 amide bonds. The maximum atomic E-state index is 13.2. The van der Waals surface area contributed by atoms with E-state index in [1.54, 1.807) is 43.5 Å². The lowest BCUT2D eigenvalue weighted by Crippen LogP contribution is -2.05. The molecule has 2 aromatic carbocycles. The maximum Gasteiger partial charge on any atom is 0.363 e. The van der Waals surface area contributed by atoms with Crippen molar-refractivity contribution in [2.45, 2.75) is 0 Å². The first-order valence-corrected chi connectivity index (χ1v) is 6.58. The van der Waals surface area contributed by atoms with E-state index in [0.29, 0.717) is 16.9 Å². The molecule has 1 aliphatic rings. The number of hydrogen-bond donors (Lipinski definition) is 0. The van der Waals surface area contributed by atoms with E-state index in [4.69, 9.17) is 9.47 Å². The van der Waals surface area contributed by atoms with Crippen LogP contribution in [0.15, 0.2) is 59.2 Å². The van der Waals surface area contributed by atoms with E-state index in [2.05, 4.69) is 4.99 Å².